The van der Waals surface area contributed by atoms with Crippen molar-refractivity contribution >= 4 is 50.7 Å². The van der Waals surface area contributed by atoms with Gasteiger partial charge in [-0.3, -0.25) is 13.9 Å². The standard InChI is InChI=1S/C28H31Cl2N3O4S/c1-20(2)31-28(35)26(16-21-10-6-4-7-11-21)32(18-22-14-15-23(29)17-25(22)30)27(34)19-33(38(3,36)37)24-12-8-5-9-13-24/h4-15,17,20,26H,16,18-19H2,1-3H3,(H,31,35)/t26-/m0/s1. The van der Waals surface area contributed by atoms with Crippen LogP contribution in [0, 0.1) is 0 Å². The number of nitrogens with one attached hydrogen (secondary N) is 1. The first-order chi connectivity index (χ1) is 18.0. The van der Waals surface area contributed by atoms with Crippen molar-refractivity contribution < 1.29 is 18.0 Å². The first kappa shape index (κ1) is 29.5. The van der Waals surface area contributed by atoms with Crippen molar-refractivity contribution in [3.05, 3.63) is 100 Å². The third-order valence-corrected chi connectivity index (χ3v) is 7.51. The molecule has 202 valence electrons. The summed E-state index contributed by atoms with van der Waals surface area (Å²) in [5, 5.41) is 3.67. The van der Waals surface area contributed by atoms with Crippen molar-refractivity contribution in [2.75, 3.05) is 17.1 Å². The van der Waals surface area contributed by atoms with Gasteiger partial charge in [0.1, 0.15) is 12.6 Å². The van der Waals surface area contributed by atoms with Gasteiger partial charge in [-0.25, -0.2) is 8.42 Å². The summed E-state index contributed by atoms with van der Waals surface area (Å²) in [5.74, 6) is -0.905. The van der Waals surface area contributed by atoms with E-state index >= 15 is 0 Å². The van der Waals surface area contributed by atoms with Crippen LogP contribution in [0.2, 0.25) is 10.0 Å². The second-order valence-electron chi connectivity index (χ2n) is 9.23. The van der Waals surface area contributed by atoms with Crippen LogP contribution < -0.4 is 9.62 Å². The second kappa shape index (κ2) is 13.1. The van der Waals surface area contributed by atoms with Crippen molar-refractivity contribution in [1.82, 2.24) is 10.2 Å². The number of carbonyl (C=O) groups excluding carboxylic acids is 2. The van der Waals surface area contributed by atoms with Gasteiger partial charge in [-0.15, -0.1) is 0 Å². The van der Waals surface area contributed by atoms with Gasteiger partial charge in [-0.2, -0.15) is 0 Å². The molecule has 0 radical (unpaired) electrons. The molecule has 0 aliphatic rings. The average Bonchev–Trinajstić information content (AvgIpc) is 2.85. The van der Waals surface area contributed by atoms with Crippen molar-refractivity contribution in [3.8, 4) is 0 Å². The van der Waals surface area contributed by atoms with E-state index in [2.05, 4.69) is 5.32 Å². The van der Waals surface area contributed by atoms with Crippen LogP contribution in [0.15, 0.2) is 78.9 Å². The quantitative estimate of drug-likeness (QED) is 0.351. The number of anilines is 1. The topological polar surface area (TPSA) is 86.8 Å². The molecule has 0 fully saturated rings. The van der Waals surface area contributed by atoms with Gasteiger partial charge in [0.15, 0.2) is 0 Å². The summed E-state index contributed by atoms with van der Waals surface area (Å²) in [5.41, 5.74) is 1.77. The molecule has 10 heteroatoms. The Morgan fingerprint density at radius 1 is 0.921 bits per heavy atom. The van der Waals surface area contributed by atoms with Crippen LogP contribution in [0.3, 0.4) is 0 Å². The van der Waals surface area contributed by atoms with Gasteiger partial charge in [0.25, 0.3) is 0 Å². The zero-order chi connectivity index (χ0) is 27.9. The fourth-order valence-corrected chi connectivity index (χ4v) is 5.29. The number of amides is 2. The Balaban J connectivity index is 2.07. The second-order valence-corrected chi connectivity index (χ2v) is 12.0. The smallest absolute Gasteiger partial charge is 0.244 e. The highest BCUT2D eigenvalue weighted by Gasteiger charge is 2.33. The third-order valence-electron chi connectivity index (χ3n) is 5.78. The Labute approximate surface area is 234 Å². The molecule has 1 atom stereocenters. The highest BCUT2D eigenvalue weighted by Crippen LogP contribution is 2.25. The number of nitrogens with zero attached hydrogens (tertiary/aromatic N) is 2. The number of hydrogen-bond donors (Lipinski definition) is 1. The fourth-order valence-electron chi connectivity index (χ4n) is 3.98. The Kier molecular flexibility index (Phi) is 10.2. The number of halogens is 2. The molecule has 0 saturated heterocycles. The number of para-hydroxylation sites is 1. The summed E-state index contributed by atoms with van der Waals surface area (Å²) >= 11 is 12.5. The SMILES string of the molecule is CC(C)NC(=O)[C@H](Cc1ccccc1)N(Cc1ccc(Cl)cc1Cl)C(=O)CN(c1ccccc1)S(C)(=O)=O. The Morgan fingerprint density at radius 3 is 2.08 bits per heavy atom. The van der Waals surface area contributed by atoms with Crippen molar-refractivity contribution in [2.24, 2.45) is 0 Å². The molecule has 0 heterocycles. The summed E-state index contributed by atoms with van der Waals surface area (Å²) < 4.78 is 26.5. The van der Waals surface area contributed by atoms with Crippen LogP contribution >= 0.6 is 23.2 Å². The van der Waals surface area contributed by atoms with Crippen LogP contribution in [-0.2, 0) is 32.6 Å². The molecule has 3 aromatic rings. The number of sulfonamides is 1. The highest BCUT2D eigenvalue weighted by molar-refractivity contribution is 7.92. The van der Waals surface area contributed by atoms with Gasteiger partial charge in [0.2, 0.25) is 21.8 Å². The molecule has 38 heavy (non-hydrogen) atoms. The monoisotopic (exact) mass is 575 g/mol. The Morgan fingerprint density at radius 2 is 1.53 bits per heavy atom. The predicted octanol–water partition coefficient (Wildman–Crippen LogP) is 4.92. The predicted molar refractivity (Wildman–Crippen MR) is 153 cm³/mol. The lowest BCUT2D eigenvalue weighted by Crippen LogP contribution is -2.54. The summed E-state index contributed by atoms with van der Waals surface area (Å²) in [7, 11) is -3.82. The molecule has 0 unspecified atom stereocenters. The average molecular weight is 577 g/mol. The van der Waals surface area contributed by atoms with Crippen LogP contribution in [-0.4, -0.2) is 50.0 Å². The maximum atomic E-state index is 13.9. The van der Waals surface area contributed by atoms with Gasteiger partial charge < -0.3 is 10.2 Å². The molecule has 0 aliphatic carbocycles. The molecule has 0 aromatic heterocycles. The Bertz CT molecular complexity index is 1350. The molecule has 1 N–H and O–H groups in total. The molecule has 0 spiro atoms. The van der Waals surface area contributed by atoms with Crippen molar-refractivity contribution in [1.29, 1.82) is 0 Å². The lowest BCUT2D eigenvalue weighted by molar-refractivity contribution is -0.140. The molecule has 0 bridgehead atoms. The van der Waals surface area contributed by atoms with E-state index in [-0.39, 0.29) is 24.9 Å². The normalized spacial score (nSPS) is 12.2. The van der Waals surface area contributed by atoms with E-state index in [4.69, 9.17) is 23.2 Å². The number of carbonyl (C=O) groups is 2. The Hall–Kier alpha value is -3.07. The van der Waals surface area contributed by atoms with Gasteiger partial charge >= 0.3 is 0 Å². The lowest BCUT2D eigenvalue weighted by Gasteiger charge is -2.34. The van der Waals surface area contributed by atoms with Crippen molar-refractivity contribution in [2.45, 2.75) is 38.9 Å². The number of rotatable bonds is 11. The van der Waals surface area contributed by atoms with E-state index in [1.807, 2.05) is 44.2 Å². The zero-order valence-corrected chi connectivity index (χ0v) is 23.8. The maximum Gasteiger partial charge on any atom is 0.244 e. The van der Waals surface area contributed by atoms with Gasteiger partial charge in [-0.05, 0) is 49.2 Å². The first-order valence-corrected chi connectivity index (χ1v) is 14.7. The molecule has 2 amide bonds. The molecular formula is C28H31Cl2N3O4S. The van der Waals surface area contributed by atoms with E-state index in [0.29, 0.717) is 21.3 Å². The van der Waals surface area contributed by atoms with Crippen molar-refractivity contribution in [3.63, 3.8) is 0 Å². The largest absolute Gasteiger partial charge is 0.352 e. The maximum absolute atomic E-state index is 13.9. The van der Waals surface area contributed by atoms with Crippen LogP contribution in [0.5, 0.6) is 0 Å². The summed E-state index contributed by atoms with van der Waals surface area (Å²) in [6.45, 7) is 3.15. The molecule has 3 aromatic carbocycles. The highest BCUT2D eigenvalue weighted by atomic mass is 35.5. The molecule has 7 nitrogen and oxygen atoms in total. The van der Waals surface area contributed by atoms with Crippen LogP contribution in [0.4, 0.5) is 5.69 Å². The minimum atomic E-state index is -3.82. The summed E-state index contributed by atoms with van der Waals surface area (Å²) in [6, 6.07) is 21.5. The minimum Gasteiger partial charge on any atom is -0.352 e. The summed E-state index contributed by atoms with van der Waals surface area (Å²) in [6.07, 6.45) is 1.27. The molecule has 3 rings (SSSR count). The van der Waals surface area contributed by atoms with Crippen LogP contribution in [0.25, 0.3) is 0 Å². The van der Waals surface area contributed by atoms with Crippen LogP contribution in [0.1, 0.15) is 25.0 Å². The summed E-state index contributed by atoms with van der Waals surface area (Å²) in [4.78, 5) is 28.8. The molecular weight excluding hydrogens is 545 g/mol. The molecule has 0 aliphatic heterocycles. The minimum absolute atomic E-state index is 0.0236. The number of benzene rings is 3. The van der Waals surface area contributed by atoms with E-state index in [0.717, 1.165) is 16.1 Å². The number of hydrogen-bond acceptors (Lipinski definition) is 4. The lowest BCUT2D eigenvalue weighted by atomic mass is 10.0. The van der Waals surface area contributed by atoms with E-state index in [1.165, 1.54) is 4.90 Å². The third kappa shape index (κ3) is 8.21. The van der Waals surface area contributed by atoms with E-state index in [9.17, 15) is 18.0 Å². The van der Waals surface area contributed by atoms with Gasteiger partial charge in [0.05, 0.1) is 11.9 Å². The first-order valence-electron chi connectivity index (χ1n) is 12.1. The zero-order valence-electron chi connectivity index (χ0n) is 21.5. The fraction of sp³-hybridized carbons (Fsp3) is 0.286. The van der Waals surface area contributed by atoms with E-state index in [1.54, 1.807) is 48.5 Å². The molecule has 0 saturated carbocycles. The van der Waals surface area contributed by atoms with Gasteiger partial charge in [-0.1, -0.05) is 77.8 Å². The van der Waals surface area contributed by atoms with Gasteiger partial charge in [0, 0.05) is 29.1 Å². The van der Waals surface area contributed by atoms with E-state index < -0.39 is 28.5 Å².